The third-order valence-electron chi connectivity index (χ3n) is 6.75. The van der Waals surface area contributed by atoms with Crippen LogP contribution in [0.25, 0.3) is 0 Å². The van der Waals surface area contributed by atoms with E-state index in [4.69, 9.17) is 37.9 Å². The fourth-order valence-corrected chi connectivity index (χ4v) is 5.28. The van der Waals surface area contributed by atoms with E-state index in [0.29, 0.717) is 0 Å². The van der Waals surface area contributed by atoms with Gasteiger partial charge in [-0.3, -0.25) is 38.5 Å². The Hall–Kier alpha value is -3.79. The van der Waals surface area contributed by atoms with Crippen LogP contribution in [-0.4, -0.2) is 122 Å². The van der Waals surface area contributed by atoms with Crippen LogP contribution in [0.5, 0.6) is 0 Å². The van der Waals surface area contributed by atoms with Crippen LogP contribution in [-0.2, 0) is 71.5 Å². The highest BCUT2D eigenvalue weighted by Gasteiger charge is 2.57. The molecule has 43 heavy (non-hydrogen) atoms. The first-order valence-corrected chi connectivity index (χ1v) is 13.5. The quantitative estimate of drug-likeness (QED) is 0.214. The second-order valence-corrected chi connectivity index (χ2v) is 10.2. The number of ether oxygens (including phenoxy) is 8. The first-order chi connectivity index (χ1) is 20.0. The summed E-state index contributed by atoms with van der Waals surface area (Å²) in [4.78, 5) is 85.5. The molecule has 0 bridgehead atoms. The van der Waals surface area contributed by atoms with Crippen molar-refractivity contribution >= 4 is 41.8 Å². The van der Waals surface area contributed by atoms with E-state index in [-0.39, 0.29) is 13.0 Å². The predicted octanol–water partition coefficient (Wildman–Crippen LogP) is -0.389. The molecule has 2 rings (SSSR count). The third-order valence-corrected chi connectivity index (χ3v) is 6.75. The van der Waals surface area contributed by atoms with Crippen LogP contribution >= 0.6 is 0 Å². The molecule has 9 atom stereocenters. The van der Waals surface area contributed by atoms with Gasteiger partial charge in [-0.2, -0.15) is 0 Å². The van der Waals surface area contributed by atoms with Gasteiger partial charge >= 0.3 is 41.8 Å². The summed E-state index contributed by atoms with van der Waals surface area (Å²) in [6, 6.07) is -1.58. The van der Waals surface area contributed by atoms with Crippen LogP contribution in [0.15, 0.2) is 0 Å². The lowest BCUT2D eigenvalue weighted by atomic mass is 9.89. The van der Waals surface area contributed by atoms with E-state index < -0.39 is 103 Å². The molecule has 242 valence electrons. The number of nitrogens with zero attached hydrogens (tertiary/aromatic N) is 1. The van der Waals surface area contributed by atoms with Gasteiger partial charge in [0.25, 0.3) is 0 Å². The van der Waals surface area contributed by atoms with Crippen LogP contribution in [0.4, 0.5) is 0 Å². The minimum Gasteiger partial charge on any atom is -0.464 e. The van der Waals surface area contributed by atoms with Crippen LogP contribution in [0.3, 0.4) is 0 Å². The molecule has 2 heterocycles. The summed E-state index contributed by atoms with van der Waals surface area (Å²) < 4.78 is 44.0. The smallest absolute Gasteiger partial charge is 0.303 e. The normalized spacial score (nSPS) is 30.4. The standard InChI is InChI=1S/C27H39NO15/c1-12(29)36-10-20-24(39-15(4)32)23(38-14(3)31)19(28(20)8)9-21-25(40-16(5)33)27(42-18(7)35)26(41-17(6)34)22(43-21)11-37-13(2)30/h19-27H,9-11H2,1-8H3/t19-,20+,21+,22?,23?,24?,25?,26+,27?/m0/s1. The SMILES string of the molecule is CC(=O)OCC1O[C@H](C[C@H]2C(OC(C)=O)C(OC(C)=O)[C@@H](COC(C)=O)N2C)C(OC(C)=O)C(OC(C)=O)[C@@H]1OC(C)=O. The summed E-state index contributed by atoms with van der Waals surface area (Å²) in [5.74, 6) is -5.00. The molecule has 5 unspecified atom stereocenters. The maximum Gasteiger partial charge on any atom is 0.303 e. The fraction of sp³-hybridized carbons (Fsp3) is 0.741. The van der Waals surface area contributed by atoms with Gasteiger partial charge in [-0.05, 0) is 13.5 Å². The lowest BCUT2D eigenvalue weighted by Crippen LogP contribution is -2.63. The molecule has 0 N–H and O–H groups in total. The van der Waals surface area contributed by atoms with Crippen LogP contribution in [0.2, 0.25) is 0 Å². The summed E-state index contributed by atoms with van der Waals surface area (Å²) in [5.41, 5.74) is 0. The Morgan fingerprint density at radius 2 is 0.860 bits per heavy atom. The summed E-state index contributed by atoms with van der Waals surface area (Å²) in [7, 11) is 1.62. The molecule has 0 aliphatic carbocycles. The largest absolute Gasteiger partial charge is 0.464 e. The van der Waals surface area contributed by atoms with Gasteiger partial charge in [-0.1, -0.05) is 0 Å². The highest BCUT2D eigenvalue weighted by atomic mass is 16.7. The minimum absolute atomic E-state index is 0.109. The molecular formula is C27H39NO15. The molecule has 0 aromatic rings. The maximum absolute atomic E-state index is 12.2. The van der Waals surface area contributed by atoms with Crippen LogP contribution in [0, 0.1) is 0 Å². The lowest BCUT2D eigenvalue weighted by molar-refractivity contribution is -0.255. The van der Waals surface area contributed by atoms with Crippen molar-refractivity contribution in [2.75, 3.05) is 20.3 Å². The lowest BCUT2D eigenvalue weighted by Gasteiger charge is -2.45. The zero-order chi connectivity index (χ0) is 32.6. The molecule has 0 saturated carbocycles. The maximum atomic E-state index is 12.2. The molecule has 0 aromatic carbocycles. The second-order valence-electron chi connectivity index (χ2n) is 10.2. The van der Waals surface area contributed by atoms with Crippen molar-refractivity contribution in [1.82, 2.24) is 4.90 Å². The summed E-state index contributed by atoms with van der Waals surface area (Å²) in [5, 5.41) is 0. The molecule has 2 aliphatic rings. The number of hydrogen-bond acceptors (Lipinski definition) is 16. The van der Waals surface area contributed by atoms with Gasteiger partial charge in [-0.25, -0.2) is 0 Å². The molecule has 16 nitrogen and oxygen atoms in total. The van der Waals surface area contributed by atoms with E-state index in [2.05, 4.69) is 0 Å². The van der Waals surface area contributed by atoms with E-state index in [0.717, 1.165) is 34.6 Å². The molecule has 0 radical (unpaired) electrons. The molecule has 0 amide bonds. The third kappa shape index (κ3) is 10.2. The Bertz CT molecular complexity index is 1080. The van der Waals surface area contributed by atoms with Crippen molar-refractivity contribution in [2.45, 2.75) is 110 Å². The highest BCUT2D eigenvalue weighted by molar-refractivity contribution is 5.69. The van der Waals surface area contributed by atoms with Crippen molar-refractivity contribution in [3.63, 3.8) is 0 Å². The van der Waals surface area contributed by atoms with Crippen molar-refractivity contribution in [3.8, 4) is 0 Å². The monoisotopic (exact) mass is 617 g/mol. The molecule has 0 spiro atoms. The topological polar surface area (TPSA) is 197 Å². The summed E-state index contributed by atoms with van der Waals surface area (Å²) in [6.07, 6.45) is -8.74. The predicted molar refractivity (Wildman–Crippen MR) is 140 cm³/mol. The van der Waals surface area contributed by atoms with Crippen molar-refractivity contribution < 1.29 is 71.5 Å². The van der Waals surface area contributed by atoms with Gasteiger partial charge in [0.2, 0.25) is 0 Å². The summed E-state index contributed by atoms with van der Waals surface area (Å²) in [6.45, 7) is 7.36. The van der Waals surface area contributed by atoms with E-state index >= 15 is 0 Å². The molecule has 2 aliphatic heterocycles. The highest BCUT2D eigenvalue weighted by Crippen LogP contribution is 2.37. The Morgan fingerprint density at radius 3 is 1.30 bits per heavy atom. The Labute approximate surface area is 248 Å². The number of carbonyl (C=O) groups is 7. The Morgan fingerprint density at radius 1 is 0.488 bits per heavy atom. The number of rotatable bonds is 11. The van der Waals surface area contributed by atoms with Crippen molar-refractivity contribution in [2.24, 2.45) is 0 Å². The van der Waals surface area contributed by atoms with Gasteiger partial charge in [0.1, 0.15) is 25.4 Å². The molecule has 16 heteroatoms. The van der Waals surface area contributed by atoms with E-state index in [1.807, 2.05) is 0 Å². The number of hydrogen-bond donors (Lipinski definition) is 0. The molecule has 2 saturated heterocycles. The average Bonchev–Trinajstić information content (AvgIpc) is 3.07. The number of carbonyl (C=O) groups excluding carboxylic acids is 7. The minimum atomic E-state index is -1.40. The molecular weight excluding hydrogens is 578 g/mol. The first kappa shape index (κ1) is 35.4. The van der Waals surface area contributed by atoms with Crippen LogP contribution < -0.4 is 0 Å². The van der Waals surface area contributed by atoms with Crippen molar-refractivity contribution in [3.05, 3.63) is 0 Å². The molecule has 0 aromatic heterocycles. The van der Waals surface area contributed by atoms with Gasteiger partial charge < -0.3 is 37.9 Å². The van der Waals surface area contributed by atoms with E-state index in [1.165, 1.54) is 13.8 Å². The fourth-order valence-electron chi connectivity index (χ4n) is 5.28. The first-order valence-electron chi connectivity index (χ1n) is 13.5. The van der Waals surface area contributed by atoms with Gasteiger partial charge in [0.15, 0.2) is 30.5 Å². The number of esters is 7. The van der Waals surface area contributed by atoms with Gasteiger partial charge in [-0.15, -0.1) is 0 Å². The Kier molecular flexibility index (Phi) is 12.9. The van der Waals surface area contributed by atoms with Gasteiger partial charge in [0, 0.05) is 48.5 Å². The Balaban J connectivity index is 2.60. The average molecular weight is 618 g/mol. The van der Waals surface area contributed by atoms with Crippen molar-refractivity contribution in [1.29, 1.82) is 0 Å². The number of likely N-dealkylation sites (N-methyl/N-ethyl adjacent to an activating group) is 1. The second kappa shape index (κ2) is 15.6. The summed E-state index contributed by atoms with van der Waals surface area (Å²) >= 11 is 0. The number of likely N-dealkylation sites (tertiary alicyclic amines) is 1. The van der Waals surface area contributed by atoms with E-state index in [1.54, 1.807) is 11.9 Å². The zero-order valence-corrected chi connectivity index (χ0v) is 25.4. The van der Waals surface area contributed by atoms with Gasteiger partial charge in [0.05, 0.1) is 12.1 Å². The molecule has 2 fully saturated rings. The van der Waals surface area contributed by atoms with E-state index in [9.17, 15) is 33.6 Å². The zero-order valence-electron chi connectivity index (χ0n) is 25.4. The van der Waals surface area contributed by atoms with Crippen LogP contribution in [0.1, 0.15) is 54.9 Å².